The average Bonchev–Trinajstić information content (AvgIpc) is 2.26. The van der Waals surface area contributed by atoms with Crippen LogP contribution >= 0.6 is 0 Å². The monoisotopic (exact) mass is 241 g/mol. The standard InChI is InChI=1S/C14H21F2N/c1-4-14(15,16)12-7-5-11(6-8-12)9-10-13(2,3)17/h5-8H,4,9-10,17H2,1-3H3. The van der Waals surface area contributed by atoms with E-state index in [4.69, 9.17) is 5.73 Å². The highest BCUT2D eigenvalue weighted by Crippen LogP contribution is 2.31. The Morgan fingerprint density at radius 2 is 1.65 bits per heavy atom. The summed E-state index contributed by atoms with van der Waals surface area (Å²) in [6.45, 7) is 5.42. The molecule has 2 N–H and O–H groups in total. The molecule has 1 nitrogen and oxygen atoms in total. The largest absolute Gasteiger partial charge is 0.326 e. The van der Waals surface area contributed by atoms with Gasteiger partial charge in [0.25, 0.3) is 5.92 Å². The first-order valence-electron chi connectivity index (χ1n) is 6.01. The Balaban J connectivity index is 2.69. The van der Waals surface area contributed by atoms with Gasteiger partial charge in [-0.1, -0.05) is 31.2 Å². The molecule has 0 radical (unpaired) electrons. The Labute approximate surface area is 102 Å². The number of alkyl halides is 2. The van der Waals surface area contributed by atoms with Crippen molar-refractivity contribution in [3.8, 4) is 0 Å². The van der Waals surface area contributed by atoms with Crippen molar-refractivity contribution >= 4 is 0 Å². The second kappa shape index (κ2) is 5.13. The van der Waals surface area contributed by atoms with Gasteiger partial charge in [0, 0.05) is 17.5 Å². The number of halogens is 2. The van der Waals surface area contributed by atoms with E-state index in [-0.39, 0.29) is 17.5 Å². The topological polar surface area (TPSA) is 26.0 Å². The van der Waals surface area contributed by atoms with E-state index in [0.717, 1.165) is 18.4 Å². The highest BCUT2D eigenvalue weighted by molar-refractivity contribution is 5.26. The van der Waals surface area contributed by atoms with Gasteiger partial charge in [0.15, 0.2) is 0 Å². The molecule has 1 rings (SSSR count). The Morgan fingerprint density at radius 1 is 1.12 bits per heavy atom. The highest BCUT2D eigenvalue weighted by Gasteiger charge is 2.28. The van der Waals surface area contributed by atoms with Gasteiger partial charge in [0.2, 0.25) is 0 Å². The van der Waals surface area contributed by atoms with Crippen LogP contribution in [0.3, 0.4) is 0 Å². The van der Waals surface area contributed by atoms with Gasteiger partial charge in [0.1, 0.15) is 0 Å². The zero-order chi connectivity index (χ0) is 13.1. The first-order chi connectivity index (χ1) is 7.74. The summed E-state index contributed by atoms with van der Waals surface area (Å²) in [6.07, 6.45) is 1.50. The average molecular weight is 241 g/mol. The second-order valence-corrected chi connectivity index (χ2v) is 5.24. The minimum atomic E-state index is -2.72. The first-order valence-corrected chi connectivity index (χ1v) is 6.01. The van der Waals surface area contributed by atoms with Gasteiger partial charge in [-0.15, -0.1) is 0 Å². The van der Waals surface area contributed by atoms with Crippen LogP contribution in [0.4, 0.5) is 8.78 Å². The minimum absolute atomic E-state index is 0.0933. The molecule has 1 aromatic carbocycles. The predicted octanol–water partition coefficient (Wildman–Crippen LogP) is 3.86. The molecule has 0 aliphatic carbocycles. The molecule has 0 fully saturated rings. The minimum Gasteiger partial charge on any atom is -0.326 e. The van der Waals surface area contributed by atoms with Crippen molar-refractivity contribution in [3.63, 3.8) is 0 Å². The van der Waals surface area contributed by atoms with Gasteiger partial charge >= 0.3 is 0 Å². The molecule has 0 atom stereocenters. The molecule has 17 heavy (non-hydrogen) atoms. The van der Waals surface area contributed by atoms with Crippen LogP contribution in [0.5, 0.6) is 0 Å². The molecule has 0 saturated carbocycles. The summed E-state index contributed by atoms with van der Waals surface area (Å²) >= 11 is 0. The van der Waals surface area contributed by atoms with Crippen LogP contribution in [0.1, 0.15) is 44.7 Å². The quantitative estimate of drug-likeness (QED) is 0.832. The van der Waals surface area contributed by atoms with E-state index in [1.54, 1.807) is 12.1 Å². The van der Waals surface area contributed by atoms with Crippen LogP contribution in [0.2, 0.25) is 0 Å². The van der Waals surface area contributed by atoms with Gasteiger partial charge in [-0.2, -0.15) is 0 Å². The third-order valence-electron chi connectivity index (χ3n) is 2.88. The summed E-state index contributed by atoms with van der Waals surface area (Å²) in [4.78, 5) is 0. The van der Waals surface area contributed by atoms with Crippen molar-refractivity contribution in [1.82, 2.24) is 0 Å². The van der Waals surface area contributed by atoms with Crippen LogP contribution in [-0.2, 0) is 12.3 Å². The summed E-state index contributed by atoms with van der Waals surface area (Å²) in [6, 6.07) is 6.57. The van der Waals surface area contributed by atoms with E-state index in [9.17, 15) is 8.78 Å². The fourth-order valence-electron chi connectivity index (χ4n) is 1.59. The van der Waals surface area contributed by atoms with Crippen LogP contribution in [0, 0.1) is 0 Å². The first kappa shape index (κ1) is 14.1. The maximum absolute atomic E-state index is 13.4. The van der Waals surface area contributed by atoms with Gasteiger partial charge in [-0.3, -0.25) is 0 Å². The highest BCUT2D eigenvalue weighted by atomic mass is 19.3. The van der Waals surface area contributed by atoms with E-state index in [1.165, 1.54) is 19.1 Å². The molecule has 1 aromatic rings. The Kier molecular flexibility index (Phi) is 4.26. The zero-order valence-electron chi connectivity index (χ0n) is 10.8. The van der Waals surface area contributed by atoms with E-state index >= 15 is 0 Å². The molecule has 0 unspecified atom stereocenters. The Hall–Kier alpha value is -0.960. The summed E-state index contributed by atoms with van der Waals surface area (Å²) in [5.74, 6) is -2.72. The number of rotatable bonds is 5. The molecule has 0 spiro atoms. The lowest BCUT2D eigenvalue weighted by Gasteiger charge is -2.18. The third-order valence-corrected chi connectivity index (χ3v) is 2.88. The van der Waals surface area contributed by atoms with Crippen molar-refractivity contribution in [2.45, 2.75) is 51.5 Å². The van der Waals surface area contributed by atoms with Gasteiger partial charge < -0.3 is 5.73 Å². The maximum Gasteiger partial charge on any atom is 0.273 e. The lowest BCUT2D eigenvalue weighted by atomic mass is 9.95. The molecule has 0 amide bonds. The van der Waals surface area contributed by atoms with Crippen LogP contribution in [0.25, 0.3) is 0 Å². The van der Waals surface area contributed by atoms with E-state index in [2.05, 4.69) is 0 Å². The maximum atomic E-state index is 13.4. The molecule has 3 heteroatoms. The van der Waals surface area contributed by atoms with Gasteiger partial charge in [0.05, 0.1) is 0 Å². The van der Waals surface area contributed by atoms with Crippen molar-refractivity contribution < 1.29 is 8.78 Å². The number of aryl methyl sites for hydroxylation is 1. The van der Waals surface area contributed by atoms with Crippen molar-refractivity contribution in [2.75, 3.05) is 0 Å². The molecule has 0 aliphatic heterocycles. The van der Waals surface area contributed by atoms with Crippen LogP contribution in [0.15, 0.2) is 24.3 Å². The smallest absolute Gasteiger partial charge is 0.273 e. The molecule has 0 heterocycles. The molecule has 0 aliphatic rings. The third kappa shape index (κ3) is 4.43. The molecular weight excluding hydrogens is 220 g/mol. The fourth-order valence-corrected chi connectivity index (χ4v) is 1.59. The zero-order valence-corrected chi connectivity index (χ0v) is 10.8. The van der Waals surface area contributed by atoms with Crippen LogP contribution < -0.4 is 5.73 Å². The normalized spacial score (nSPS) is 12.8. The number of hydrogen-bond acceptors (Lipinski definition) is 1. The predicted molar refractivity (Wildman–Crippen MR) is 67.2 cm³/mol. The number of nitrogens with two attached hydrogens (primary N) is 1. The van der Waals surface area contributed by atoms with Gasteiger partial charge in [-0.25, -0.2) is 8.78 Å². The number of hydrogen-bond donors (Lipinski definition) is 1. The lowest BCUT2D eigenvalue weighted by molar-refractivity contribution is -0.00829. The van der Waals surface area contributed by atoms with E-state index in [0.29, 0.717) is 0 Å². The summed E-state index contributed by atoms with van der Waals surface area (Å²) < 4.78 is 26.7. The summed E-state index contributed by atoms with van der Waals surface area (Å²) in [5, 5.41) is 0. The summed E-state index contributed by atoms with van der Waals surface area (Å²) in [7, 11) is 0. The number of benzene rings is 1. The molecule has 0 aromatic heterocycles. The Bertz CT molecular complexity index is 349. The molecule has 0 bridgehead atoms. The lowest BCUT2D eigenvalue weighted by Crippen LogP contribution is -2.32. The summed E-state index contributed by atoms with van der Waals surface area (Å²) in [5.41, 5.74) is 6.82. The van der Waals surface area contributed by atoms with E-state index in [1.807, 2.05) is 13.8 Å². The van der Waals surface area contributed by atoms with Crippen LogP contribution in [-0.4, -0.2) is 5.54 Å². The molecule has 96 valence electrons. The second-order valence-electron chi connectivity index (χ2n) is 5.24. The van der Waals surface area contributed by atoms with Crippen molar-refractivity contribution in [3.05, 3.63) is 35.4 Å². The van der Waals surface area contributed by atoms with Gasteiger partial charge in [-0.05, 0) is 32.3 Å². The molecule has 0 saturated heterocycles. The van der Waals surface area contributed by atoms with Crippen molar-refractivity contribution in [1.29, 1.82) is 0 Å². The SMILES string of the molecule is CCC(F)(F)c1ccc(CCC(C)(C)N)cc1. The van der Waals surface area contributed by atoms with E-state index < -0.39 is 5.92 Å². The fraction of sp³-hybridized carbons (Fsp3) is 0.571. The Morgan fingerprint density at radius 3 is 2.06 bits per heavy atom. The molecular formula is C14H21F2N. The van der Waals surface area contributed by atoms with Crippen molar-refractivity contribution in [2.24, 2.45) is 5.73 Å².